The molecule has 1 N–H and O–H groups in total. The smallest absolute Gasteiger partial charge is 0.323 e. The Hall–Kier alpha value is -3.01. The van der Waals surface area contributed by atoms with Crippen molar-refractivity contribution in [2.75, 3.05) is 37.7 Å². The number of nitro groups is 1. The van der Waals surface area contributed by atoms with E-state index in [0.29, 0.717) is 31.2 Å². The monoisotopic (exact) mass is 335 g/mol. The quantitative estimate of drug-likeness (QED) is 0.466. The molecule has 0 bridgehead atoms. The van der Waals surface area contributed by atoms with E-state index in [-0.39, 0.29) is 22.5 Å². The van der Waals surface area contributed by atoms with Crippen molar-refractivity contribution in [3.05, 3.63) is 33.4 Å². The largest absolute Gasteiger partial charge is 0.480 e. The summed E-state index contributed by atoms with van der Waals surface area (Å²) in [6, 6.07) is 2.34. The number of hydrogen-bond donors (Lipinski definition) is 1. The first kappa shape index (κ1) is 15.9. The van der Waals surface area contributed by atoms with Crippen LogP contribution in [0, 0.1) is 10.1 Å². The van der Waals surface area contributed by atoms with Gasteiger partial charge in [0, 0.05) is 19.2 Å². The van der Waals surface area contributed by atoms with Crippen LogP contribution in [0.5, 0.6) is 0 Å². The molecular formula is C14H13N3O7. The Morgan fingerprint density at radius 3 is 2.33 bits per heavy atom. The summed E-state index contributed by atoms with van der Waals surface area (Å²) in [5.41, 5.74) is -0.243. The van der Waals surface area contributed by atoms with Crippen LogP contribution < -0.4 is 4.90 Å². The van der Waals surface area contributed by atoms with E-state index >= 15 is 0 Å². The molecule has 2 aliphatic rings. The number of imide groups is 1. The highest BCUT2D eigenvalue weighted by atomic mass is 16.6. The highest BCUT2D eigenvalue weighted by Crippen LogP contribution is 2.35. The average molecular weight is 335 g/mol. The van der Waals surface area contributed by atoms with E-state index in [1.54, 1.807) is 4.90 Å². The van der Waals surface area contributed by atoms with Crippen LogP contribution in [0.15, 0.2) is 12.1 Å². The molecule has 1 aromatic carbocycles. The molecule has 0 aliphatic carbocycles. The number of carboxylic acids is 1. The van der Waals surface area contributed by atoms with Gasteiger partial charge in [-0.1, -0.05) is 0 Å². The molecule has 1 fully saturated rings. The lowest BCUT2D eigenvalue weighted by atomic mass is 10.1. The van der Waals surface area contributed by atoms with Gasteiger partial charge in [-0.15, -0.1) is 0 Å². The van der Waals surface area contributed by atoms with Gasteiger partial charge in [-0.05, 0) is 6.07 Å². The normalized spacial score (nSPS) is 17.2. The summed E-state index contributed by atoms with van der Waals surface area (Å²) in [6.45, 7) is 0.840. The standard InChI is InChI=1S/C14H13N3O7/c18-12(19)7-16-13(20)8-5-10(15-1-3-24-4-2-15)11(17(22)23)6-9(8)14(16)21/h5-6H,1-4,7H2,(H,18,19). The fourth-order valence-electron chi connectivity index (χ4n) is 2.80. The van der Waals surface area contributed by atoms with Crippen LogP contribution in [0.4, 0.5) is 11.4 Å². The van der Waals surface area contributed by atoms with Crippen molar-refractivity contribution in [3.8, 4) is 0 Å². The molecule has 0 aromatic heterocycles. The fourth-order valence-corrected chi connectivity index (χ4v) is 2.80. The van der Waals surface area contributed by atoms with Crippen molar-refractivity contribution in [2.45, 2.75) is 0 Å². The second kappa shape index (κ2) is 5.89. The highest BCUT2D eigenvalue weighted by molar-refractivity contribution is 6.23. The van der Waals surface area contributed by atoms with Gasteiger partial charge in [0.15, 0.2) is 0 Å². The van der Waals surface area contributed by atoms with Gasteiger partial charge >= 0.3 is 5.97 Å². The number of carbonyl (C=O) groups excluding carboxylic acids is 2. The Morgan fingerprint density at radius 2 is 1.79 bits per heavy atom. The van der Waals surface area contributed by atoms with Crippen LogP contribution in [-0.4, -0.2) is 65.6 Å². The number of nitrogens with zero attached hydrogens (tertiary/aromatic N) is 3. The Morgan fingerprint density at radius 1 is 1.21 bits per heavy atom. The number of anilines is 1. The second-order valence-electron chi connectivity index (χ2n) is 5.33. The van der Waals surface area contributed by atoms with Gasteiger partial charge in [-0.3, -0.25) is 29.4 Å². The minimum atomic E-state index is -1.34. The van der Waals surface area contributed by atoms with Gasteiger partial charge < -0.3 is 14.7 Å². The van der Waals surface area contributed by atoms with Gasteiger partial charge in [0.1, 0.15) is 12.2 Å². The molecule has 10 nitrogen and oxygen atoms in total. The van der Waals surface area contributed by atoms with Gasteiger partial charge in [0.2, 0.25) is 0 Å². The molecule has 2 aliphatic heterocycles. The molecule has 2 heterocycles. The average Bonchev–Trinajstić information content (AvgIpc) is 2.79. The van der Waals surface area contributed by atoms with E-state index in [1.807, 2.05) is 0 Å². The Labute approximate surface area is 135 Å². The maximum Gasteiger partial charge on any atom is 0.323 e. The number of carbonyl (C=O) groups is 3. The summed E-state index contributed by atoms with van der Waals surface area (Å²) in [7, 11) is 0. The SMILES string of the molecule is O=C(O)CN1C(=O)c2cc(N3CCOCC3)c([N+](=O)[O-])cc2C1=O. The molecular weight excluding hydrogens is 322 g/mol. The highest BCUT2D eigenvalue weighted by Gasteiger charge is 2.39. The summed E-state index contributed by atoms with van der Waals surface area (Å²) in [4.78, 5) is 48.3. The summed E-state index contributed by atoms with van der Waals surface area (Å²) >= 11 is 0. The maximum absolute atomic E-state index is 12.3. The third kappa shape index (κ3) is 2.56. The van der Waals surface area contributed by atoms with Crippen LogP contribution in [0.1, 0.15) is 20.7 Å². The first-order valence-electron chi connectivity index (χ1n) is 7.13. The molecule has 0 unspecified atom stereocenters. The Bertz CT molecular complexity index is 755. The van der Waals surface area contributed by atoms with E-state index in [2.05, 4.69) is 0 Å². The number of carboxylic acid groups (broad SMARTS) is 1. The van der Waals surface area contributed by atoms with Crippen LogP contribution in [0.25, 0.3) is 0 Å². The number of benzene rings is 1. The summed E-state index contributed by atoms with van der Waals surface area (Å²) < 4.78 is 5.21. The number of ether oxygens (including phenoxy) is 1. The fraction of sp³-hybridized carbons (Fsp3) is 0.357. The van der Waals surface area contributed by atoms with E-state index in [4.69, 9.17) is 9.84 Å². The number of hydrogen-bond acceptors (Lipinski definition) is 7. The predicted octanol–water partition coefficient (Wildman–Crippen LogP) is 0.112. The van der Waals surface area contributed by atoms with Crippen molar-refractivity contribution >= 4 is 29.2 Å². The molecule has 24 heavy (non-hydrogen) atoms. The maximum atomic E-state index is 12.3. The number of rotatable bonds is 4. The van der Waals surface area contributed by atoms with Crippen molar-refractivity contribution in [2.24, 2.45) is 0 Å². The van der Waals surface area contributed by atoms with Crippen molar-refractivity contribution in [3.63, 3.8) is 0 Å². The first-order valence-corrected chi connectivity index (χ1v) is 7.13. The van der Waals surface area contributed by atoms with Gasteiger partial charge in [-0.25, -0.2) is 0 Å². The molecule has 0 spiro atoms. The zero-order valence-electron chi connectivity index (χ0n) is 12.4. The molecule has 126 valence electrons. The number of amides is 2. The zero-order valence-corrected chi connectivity index (χ0v) is 12.4. The molecule has 10 heteroatoms. The Balaban J connectivity index is 2.07. The topological polar surface area (TPSA) is 130 Å². The van der Waals surface area contributed by atoms with Crippen LogP contribution in [0.2, 0.25) is 0 Å². The molecule has 1 saturated heterocycles. The number of fused-ring (bicyclic) bond motifs is 1. The summed E-state index contributed by atoms with van der Waals surface area (Å²) in [5, 5.41) is 20.2. The molecule has 0 saturated carbocycles. The van der Waals surface area contributed by atoms with E-state index in [1.165, 1.54) is 6.07 Å². The van der Waals surface area contributed by atoms with E-state index < -0.39 is 29.3 Å². The second-order valence-corrected chi connectivity index (χ2v) is 5.33. The minimum Gasteiger partial charge on any atom is -0.480 e. The molecule has 2 amide bonds. The number of aliphatic carboxylic acids is 1. The first-order chi connectivity index (χ1) is 11.4. The lowest BCUT2D eigenvalue weighted by Crippen LogP contribution is -2.36. The lowest BCUT2D eigenvalue weighted by molar-refractivity contribution is -0.384. The third-order valence-electron chi connectivity index (χ3n) is 3.91. The molecule has 3 rings (SSSR count). The summed E-state index contributed by atoms with van der Waals surface area (Å²) in [5.74, 6) is -2.94. The van der Waals surface area contributed by atoms with Crippen molar-refractivity contribution in [1.29, 1.82) is 0 Å². The van der Waals surface area contributed by atoms with E-state index in [9.17, 15) is 24.5 Å². The summed E-state index contributed by atoms with van der Waals surface area (Å²) in [6.07, 6.45) is 0. The number of morpholine rings is 1. The van der Waals surface area contributed by atoms with Crippen molar-refractivity contribution in [1.82, 2.24) is 4.90 Å². The van der Waals surface area contributed by atoms with Gasteiger partial charge in [0.25, 0.3) is 17.5 Å². The van der Waals surface area contributed by atoms with Gasteiger partial charge in [0.05, 0.1) is 29.3 Å². The molecule has 0 atom stereocenters. The lowest BCUT2D eigenvalue weighted by Gasteiger charge is -2.28. The molecule has 1 aromatic rings. The van der Waals surface area contributed by atoms with Crippen molar-refractivity contribution < 1.29 is 29.2 Å². The zero-order chi connectivity index (χ0) is 17.4. The molecule has 0 radical (unpaired) electrons. The van der Waals surface area contributed by atoms with Crippen LogP contribution in [-0.2, 0) is 9.53 Å². The Kier molecular flexibility index (Phi) is 3.89. The number of nitro benzene ring substituents is 1. The van der Waals surface area contributed by atoms with Crippen LogP contribution in [0.3, 0.4) is 0 Å². The van der Waals surface area contributed by atoms with E-state index in [0.717, 1.165) is 6.07 Å². The minimum absolute atomic E-state index is 0.0201. The predicted molar refractivity (Wildman–Crippen MR) is 79.1 cm³/mol. The third-order valence-corrected chi connectivity index (χ3v) is 3.91. The van der Waals surface area contributed by atoms with Gasteiger partial charge in [-0.2, -0.15) is 0 Å². The van der Waals surface area contributed by atoms with Crippen LogP contribution >= 0.6 is 0 Å².